The third-order valence-corrected chi connectivity index (χ3v) is 6.21. The molecule has 174 valence electrons. The molecule has 0 aliphatic carbocycles. The number of carbonyl (C=O) groups excluding carboxylic acids is 3. The molecule has 33 heavy (non-hydrogen) atoms. The molecule has 0 bridgehead atoms. The molecule has 8 nitrogen and oxygen atoms in total. The highest BCUT2D eigenvalue weighted by Crippen LogP contribution is 2.29. The minimum atomic E-state index is -0.234. The predicted octanol–water partition coefficient (Wildman–Crippen LogP) is 1.86. The summed E-state index contributed by atoms with van der Waals surface area (Å²) in [6.07, 6.45) is 0.120. The molecule has 3 amide bonds. The highest BCUT2D eigenvalue weighted by molar-refractivity contribution is 6.10. The van der Waals surface area contributed by atoms with Crippen molar-refractivity contribution in [2.45, 2.75) is 18.9 Å². The van der Waals surface area contributed by atoms with Crippen molar-refractivity contribution in [3.63, 3.8) is 0 Å². The summed E-state index contributed by atoms with van der Waals surface area (Å²) in [6, 6.07) is 17.0. The molecule has 0 aromatic heterocycles. The van der Waals surface area contributed by atoms with E-state index in [0.29, 0.717) is 11.4 Å². The average Bonchev–Trinajstić information content (AvgIpc) is 2.83. The van der Waals surface area contributed by atoms with Crippen molar-refractivity contribution >= 4 is 29.1 Å². The lowest BCUT2D eigenvalue weighted by Gasteiger charge is -2.35. The van der Waals surface area contributed by atoms with Crippen LogP contribution in [0.2, 0.25) is 0 Å². The van der Waals surface area contributed by atoms with Crippen LogP contribution in [0.5, 0.6) is 0 Å². The van der Waals surface area contributed by atoms with Crippen molar-refractivity contribution < 1.29 is 14.4 Å². The number of nitrogens with one attached hydrogen (secondary N) is 2. The van der Waals surface area contributed by atoms with Crippen LogP contribution < -0.4 is 15.5 Å². The van der Waals surface area contributed by atoms with Gasteiger partial charge in [0, 0.05) is 45.6 Å². The molecule has 1 fully saturated rings. The third-order valence-electron chi connectivity index (χ3n) is 6.21. The third kappa shape index (κ3) is 5.97. The normalized spacial score (nSPS) is 17.7. The summed E-state index contributed by atoms with van der Waals surface area (Å²) >= 11 is 0. The van der Waals surface area contributed by atoms with E-state index < -0.39 is 0 Å². The first kappa shape index (κ1) is 22.9. The number of fused-ring (bicyclic) bond motifs is 1. The zero-order chi connectivity index (χ0) is 23.2. The maximum absolute atomic E-state index is 12.9. The number of nitrogens with zero attached hydrogens (tertiary/aromatic N) is 3. The molecule has 0 spiro atoms. The van der Waals surface area contributed by atoms with Crippen LogP contribution in [-0.4, -0.2) is 73.8 Å². The van der Waals surface area contributed by atoms with Crippen LogP contribution in [0.1, 0.15) is 24.4 Å². The van der Waals surface area contributed by atoms with Gasteiger partial charge in [0.1, 0.15) is 6.54 Å². The summed E-state index contributed by atoms with van der Waals surface area (Å²) in [5.74, 6) is -0.633. The summed E-state index contributed by atoms with van der Waals surface area (Å²) in [5, 5.41) is 5.91. The molecule has 1 unspecified atom stereocenters. The Morgan fingerprint density at radius 1 is 0.970 bits per heavy atom. The van der Waals surface area contributed by atoms with Gasteiger partial charge in [0.05, 0.1) is 17.4 Å². The second-order valence-electron chi connectivity index (χ2n) is 8.68. The number of piperazine rings is 1. The molecule has 0 saturated carbocycles. The first-order valence-electron chi connectivity index (χ1n) is 11.4. The Kier molecular flexibility index (Phi) is 7.36. The molecule has 2 aromatic rings. The van der Waals surface area contributed by atoms with Crippen LogP contribution in [0.3, 0.4) is 0 Å². The topological polar surface area (TPSA) is 85.0 Å². The fraction of sp³-hybridized carbons (Fsp3) is 0.400. The Morgan fingerprint density at radius 3 is 2.42 bits per heavy atom. The first-order valence-corrected chi connectivity index (χ1v) is 11.4. The van der Waals surface area contributed by atoms with E-state index in [1.807, 2.05) is 42.5 Å². The molecular formula is C25H31N5O3. The Hall–Kier alpha value is -3.23. The molecule has 1 saturated heterocycles. The van der Waals surface area contributed by atoms with Gasteiger partial charge < -0.3 is 20.4 Å². The minimum Gasteiger partial charge on any atom is -0.348 e. The summed E-state index contributed by atoms with van der Waals surface area (Å²) in [6.45, 7) is 4.64. The van der Waals surface area contributed by atoms with E-state index in [4.69, 9.17) is 0 Å². The first-order chi connectivity index (χ1) is 16.0. The standard InChI is InChI=1S/C25H31N5O3/c1-28-13-15-29(16-14-28)17-21(19-7-3-2-4-8-19)27-23(31)11-12-25(33)30-18-24(32)26-20-9-5-6-10-22(20)30/h2-10,21H,11-18H2,1H3,(H,26,32)(H,27,31). The van der Waals surface area contributed by atoms with Crippen molar-refractivity contribution in [2.24, 2.45) is 0 Å². The number of carbonyl (C=O) groups is 3. The van der Waals surface area contributed by atoms with E-state index in [-0.39, 0.29) is 43.1 Å². The highest BCUT2D eigenvalue weighted by Gasteiger charge is 2.27. The van der Waals surface area contributed by atoms with E-state index >= 15 is 0 Å². The van der Waals surface area contributed by atoms with Gasteiger partial charge in [-0.1, -0.05) is 42.5 Å². The van der Waals surface area contributed by atoms with Crippen molar-refractivity contribution in [2.75, 3.05) is 56.5 Å². The Labute approximate surface area is 194 Å². The van der Waals surface area contributed by atoms with Crippen molar-refractivity contribution in [3.05, 3.63) is 60.2 Å². The van der Waals surface area contributed by atoms with E-state index in [1.165, 1.54) is 4.90 Å². The smallest absolute Gasteiger partial charge is 0.244 e. The molecule has 2 aromatic carbocycles. The molecule has 0 radical (unpaired) electrons. The Morgan fingerprint density at radius 2 is 1.67 bits per heavy atom. The zero-order valence-corrected chi connectivity index (χ0v) is 19.0. The van der Waals surface area contributed by atoms with E-state index in [1.54, 1.807) is 12.1 Å². The van der Waals surface area contributed by atoms with Gasteiger partial charge in [-0.05, 0) is 24.7 Å². The monoisotopic (exact) mass is 449 g/mol. The molecule has 4 rings (SSSR count). The molecule has 1 atom stereocenters. The molecule has 2 aliphatic heterocycles. The number of para-hydroxylation sites is 2. The Bertz CT molecular complexity index is 989. The van der Waals surface area contributed by atoms with E-state index in [9.17, 15) is 14.4 Å². The van der Waals surface area contributed by atoms with Crippen LogP contribution in [0, 0.1) is 0 Å². The lowest BCUT2D eigenvalue weighted by atomic mass is 10.1. The van der Waals surface area contributed by atoms with E-state index in [2.05, 4.69) is 27.5 Å². The average molecular weight is 450 g/mol. The summed E-state index contributed by atoms with van der Waals surface area (Å²) in [7, 11) is 2.12. The van der Waals surface area contributed by atoms with Gasteiger partial charge >= 0.3 is 0 Å². The molecular weight excluding hydrogens is 418 g/mol. The van der Waals surface area contributed by atoms with Gasteiger partial charge in [-0.15, -0.1) is 0 Å². The maximum atomic E-state index is 12.9. The minimum absolute atomic E-state index is 0.0342. The van der Waals surface area contributed by atoms with Crippen LogP contribution in [0.15, 0.2) is 54.6 Å². The zero-order valence-electron chi connectivity index (χ0n) is 19.0. The van der Waals surface area contributed by atoms with Crippen LogP contribution in [0.4, 0.5) is 11.4 Å². The number of rotatable bonds is 7. The number of anilines is 2. The Balaban J connectivity index is 1.36. The van der Waals surface area contributed by atoms with Gasteiger partial charge in [-0.25, -0.2) is 0 Å². The quantitative estimate of drug-likeness (QED) is 0.674. The van der Waals surface area contributed by atoms with Gasteiger partial charge in [0.2, 0.25) is 17.7 Å². The van der Waals surface area contributed by atoms with E-state index in [0.717, 1.165) is 38.3 Å². The van der Waals surface area contributed by atoms with Crippen molar-refractivity contribution in [1.82, 2.24) is 15.1 Å². The highest BCUT2D eigenvalue weighted by atomic mass is 16.2. The van der Waals surface area contributed by atoms with Crippen LogP contribution in [0.25, 0.3) is 0 Å². The fourth-order valence-corrected chi connectivity index (χ4v) is 4.29. The largest absolute Gasteiger partial charge is 0.348 e. The molecule has 8 heteroatoms. The van der Waals surface area contributed by atoms with Gasteiger partial charge in [-0.3, -0.25) is 19.3 Å². The SMILES string of the molecule is CN1CCN(CC(NC(=O)CCC(=O)N2CC(=O)Nc3ccccc32)c2ccccc2)CC1. The lowest BCUT2D eigenvalue weighted by Crippen LogP contribution is -2.48. The molecule has 2 aliphatic rings. The van der Waals surface area contributed by atoms with Crippen LogP contribution >= 0.6 is 0 Å². The van der Waals surface area contributed by atoms with Crippen molar-refractivity contribution in [1.29, 1.82) is 0 Å². The second kappa shape index (κ2) is 10.6. The molecule has 2 N–H and O–H groups in total. The fourth-order valence-electron chi connectivity index (χ4n) is 4.29. The second-order valence-corrected chi connectivity index (χ2v) is 8.68. The van der Waals surface area contributed by atoms with Gasteiger partial charge in [-0.2, -0.15) is 0 Å². The van der Waals surface area contributed by atoms with Gasteiger partial charge in [0.25, 0.3) is 0 Å². The van der Waals surface area contributed by atoms with Crippen molar-refractivity contribution in [3.8, 4) is 0 Å². The lowest BCUT2D eigenvalue weighted by molar-refractivity contribution is -0.126. The number of hydrogen-bond acceptors (Lipinski definition) is 5. The number of hydrogen-bond donors (Lipinski definition) is 2. The van der Waals surface area contributed by atoms with Crippen LogP contribution in [-0.2, 0) is 14.4 Å². The van der Waals surface area contributed by atoms with Gasteiger partial charge in [0.15, 0.2) is 0 Å². The summed E-state index contributed by atoms with van der Waals surface area (Å²) in [4.78, 5) is 43.8. The summed E-state index contributed by atoms with van der Waals surface area (Å²) < 4.78 is 0. The molecule has 2 heterocycles. The predicted molar refractivity (Wildman–Crippen MR) is 128 cm³/mol. The number of likely N-dealkylation sites (N-methyl/N-ethyl adjacent to an activating group) is 1. The number of amides is 3. The summed E-state index contributed by atoms with van der Waals surface area (Å²) in [5.41, 5.74) is 2.33. The number of benzene rings is 2. The maximum Gasteiger partial charge on any atom is 0.244 e.